The Hall–Kier alpha value is -3.69. The fraction of sp³-hybridized carbons (Fsp3) is 0.500. The molecule has 0 spiro atoms. The Morgan fingerprint density at radius 2 is 1.52 bits per heavy atom. The van der Waals surface area contributed by atoms with Crippen LogP contribution >= 0.6 is 31.9 Å². The van der Waals surface area contributed by atoms with Crippen LogP contribution in [0.4, 0.5) is 11.6 Å². The van der Waals surface area contributed by atoms with Crippen molar-refractivity contribution >= 4 is 71.3 Å². The monoisotopic (exact) mass is 781 g/mol. The van der Waals surface area contributed by atoms with Crippen LogP contribution in [-0.2, 0) is 4.79 Å². The molecule has 1 aliphatic carbocycles. The summed E-state index contributed by atoms with van der Waals surface area (Å²) in [5.41, 5.74) is 1.14. The minimum Gasteiger partial charge on any atom is -0.444 e. The van der Waals surface area contributed by atoms with Gasteiger partial charge in [0.2, 0.25) is 17.4 Å². The Balaban J connectivity index is 1.28. The van der Waals surface area contributed by atoms with E-state index in [-0.39, 0.29) is 35.6 Å². The van der Waals surface area contributed by atoms with E-state index >= 15 is 0 Å². The first-order valence-corrected chi connectivity index (χ1v) is 17.7. The Kier molecular flexibility index (Phi) is 11.6. The van der Waals surface area contributed by atoms with E-state index in [1.54, 1.807) is 31.5 Å². The number of carbonyl (C=O) groups excluding carboxylic acids is 1. The molecule has 14 heteroatoms. The fourth-order valence-electron chi connectivity index (χ4n) is 6.41. The summed E-state index contributed by atoms with van der Waals surface area (Å²) in [7, 11) is 5.99. The number of hydrogen-bond acceptors (Lipinski definition) is 11. The maximum absolute atomic E-state index is 12.2. The molecule has 1 amide bonds. The lowest BCUT2D eigenvalue weighted by Gasteiger charge is -2.40. The van der Waals surface area contributed by atoms with E-state index in [2.05, 4.69) is 89.3 Å². The van der Waals surface area contributed by atoms with Crippen molar-refractivity contribution in [3.8, 4) is 12.1 Å². The molecule has 2 N–H and O–H groups in total. The number of aromatic nitrogens is 2. The van der Waals surface area contributed by atoms with E-state index in [4.69, 9.17) is 8.83 Å². The van der Waals surface area contributed by atoms with Gasteiger partial charge in [0.05, 0.1) is 21.3 Å². The second-order valence-electron chi connectivity index (χ2n) is 12.9. The van der Waals surface area contributed by atoms with Crippen LogP contribution in [0.2, 0.25) is 0 Å². The molecule has 1 saturated carbocycles. The number of halogens is 2. The second-order valence-corrected chi connectivity index (χ2v) is 14.4. The maximum Gasteiger partial charge on any atom is 0.219 e. The molecule has 48 heavy (non-hydrogen) atoms. The quantitative estimate of drug-likeness (QED) is 0.152. The third-order valence-electron chi connectivity index (χ3n) is 9.15. The smallest absolute Gasteiger partial charge is 0.219 e. The number of anilines is 2. The van der Waals surface area contributed by atoms with Crippen LogP contribution in [-0.4, -0.2) is 95.5 Å². The van der Waals surface area contributed by atoms with E-state index in [1.807, 2.05) is 18.0 Å². The summed E-state index contributed by atoms with van der Waals surface area (Å²) in [5, 5.41) is 27.4. The second kappa shape index (κ2) is 15.7. The molecule has 254 valence electrons. The zero-order chi connectivity index (χ0) is 34.5. The standard InChI is InChI=1S/C34H41Br2N9O3/c1-20(44(5)21(2)46)18-45(11-10-23(19-43(3)4)42-34-32(36)28-13-26(15-38)48-30(28)17-40-34)24-8-6-22(7-9-24)41-33-31(35)27-12-25(14-37)47-29(27)16-39-33/h12-13,16-17,20,22-24H,6-11,18-19H2,1-5H3,(H,39,41)(H,40,42)/t20?,22?,23-,24?/m1/s1. The predicted molar refractivity (Wildman–Crippen MR) is 193 cm³/mol. The summed E-state index contributed by atoms with van der Waals surface area (Å²) in [6.45, 7) is 6.15. The number of nitriles is 2. The van der Waals surface area contributed by atoms with Crippen molar-refractivity contribution in [3.63, 3.8) is 0 Å². The SMILES string of the molecule is CC(=O)N(C)C(C)CN(CC[C@H](CN(C)C)Nc1ncc2oc(C#N)cc2c1Br)C1CCC(Nc2ncc3oc(C#N)cc3c2Br)CC1. The first-order valence-electron chi connectivity index (χ1n) is 16.1. The third kappa shape index (κ3) is 8.29. The zero-order valence-electron chi connectivity index (χ0n) is 27.9. The summed E-state index contributed by atoms with van der Waals surface area (Å²) in [6, 6.07) is 8.34. The Labute approximate surface area is 297 Å². The normalized spacial score (nSPS) is 17.7. The average molecular weight is 784 g/mol. The van der Waals surface area contributed by atoms with Crippen molar-refractivity contribution in [2.45, 2.75) is 70.1 Å². The highest BCUT2D eigenvalue weighted by atomic mass is 79.9. The summed E-state index contributed by atoms with van der Waals surface area (Å²) in [6.07, 6.45) is 8.15. The number of amides is 1. The number of nitrogens with zero attached hydrogens (tertiary/aromatic N) is 7. The summed E-state index contributed by atoms with van der Waals surface area (Å²) in [5.74, 6) is 2.02. The Bertz CT molecular complexity index is 1840. The van der Waals surface area contributed by atoms with Crippen molar-refractivity contribution in [3.05, 3.63) is 45.0 Å². The van der Waals surface area contributed by atoms with Gasteiger partial charge in [-0.15, -0.1) is 0 Å². The first-order chi connectivity index (χ1) is 23.0. The fourth-order valence-corrected chi connectivity index (χ4v) is 7.46. The van der Waals surface area contributed by atoms with Crippen LogP contribution in [0.15, 0.2) is 42.3 Å². The van der Waals surface area contributed by atoms with Crippen LogP contribution < -0.4 is 10.6 Å². The van der Waals surface area contributed by atoms with Gasteiger partial charge in [-0.2, -0.15) is 10.5 Å². The number of hydrogen-bond donors (Lipinski definition) is 2. The molecule has 2 atom stereocenters. The number of likely N-dealkylation sites (N-methyl/N-ethyl adjacent to an activating group) is 2. The molecular weight excluding hydrogens is 742 g/mol. The van der Waals surface area contributed by atoms with Crippen LogP contribution in [0.25, 0.3) is 21.9 Å². The summed E-state index contributed by atoms with van der Waals surface area (Å²) in [4.78, 5) is 28.0. The van der Waals surface area contributed by atoms with Crippen molar-refractivity contribution < 1.29 is 13.6 Å². The van der Waals surface area contributed by atoms with Gasteiger partial charge in [-0.3, -0.25) is 9.69 Å². The zero-order valence-corrected chi connectivity index (χ0v) is 31.1. The molecule has 1 fully saturated rings. The van der Waals surface area contributed by atoms with Crippen LogP contribution in [0, 0.1) is 22.7 Å². The van der Waals surface area contributed by atoms with Gasteiger partial charge in [0.25, 0.3) is 0 Å². The van der Waals surface area contributed by atoms with Gasteiger partial charge >= 0.3 is 0 Å². The van der Waals surface area contributed by atoms with E-state index < -0.39 is 0 Å². The van der Waals surface area contributed by atoms with Crippen molar-refractivity contribution in [2.24, 2.45) is 0 Å². The van der Waals surface area contributed by atoms with E-state index in [1.165, 1.54) is 0 Å². The molecule has 4 aromatic heterocycles. The number of carbonyl (C=O) groups is 1. The Morgan fingerprint density at radius 1 is 0.958 bits per heavy atom. The highest BCUT2D eigenvalue weighted by Gasteiger charge is 2.29. The molecule has 4 aromatic rings. The van der Waals surface area contributed by atoms with Gasteiger partial charge in [-0.25, -0.2) is 9.97 Å². The van der Waals surface area contributed by atoms with Crippen LogP contribution in [0.3, 0.4) is 0 Å². The molecule has 0 bridgehead atoms. The minimum atomic E-state index is 0.0576. The van der Waals surface area contributed by atoms with E-state index in [9.17, 15) is 15.3 Å². The average Bonchev–Trinajstić information content (AvgIpc) is 3.70. The van der Waals surface area contributed by atoms with Crippen LogP contribution in [0.1, 0.15) is 57.5 Å². The molecule has 1 aliphatic rings. The van der Waals surface area contributed by atoms with E-state index in [0.717, 1.165) is 77.3 Å². The molecule has 0 radical (unpaired) electrons. The largest absolute Gasteiger partial charge is 0.444 e. The molecule has 0 aliphatic heterocycles. The molecule has 4 heterocycles. The molecule has 0 saturated heterocycles. The van der Waals surface area contributed by atoms with Gasteiger partial charge in [0.1, 0.15) is 23.8 Å². The van der Waals surface area contributed by atoms with Gasteiger partial charge in [0.15, 0.2) is 11.2 Å². The molecule has 0 aromatic carbocycles. The lowest BCUT2D eigenvalue weighted by molar-refractivity contribution is -0.129. The lowest BCUT2D eigenvalue weighted by atomic mass is 9.89. The number of pyridine rings is 2. The topological polar surface area (TPSA) is 150 Å². The van der Waals surface area contributed by atoms with Gasteiger partial charge in [-0.1, -0.05) is 0 Å². The van der Waals surface area contributed by atoms with Crippen molar-refractivity contribution in [1.82, 2.24) is 24.7 Å². The summed E-state index contributed by atoms with van der Waals surface area (Å²) < 4.78 is 12.7. The van der Waals surface area contributed by atoms with Gasteiger partial charge < -0.3 is 29.3 Å². The molecular formula is C34H41Br2N9O3. The van der Waals surface area contributed by atoms with E-state index in [0.29, 0.717) is 23.0 Å². The third-order valence-corrected chi connectivity index (χ3v) is 10.8. The summed E-state index contributed by atoms with van der Waals surface area (Å²) >= 11 is 7.35. The minimum absolute atomic E-state index is 0.0576. The number of nitrogens with one attached hydrogen (secondary N) is 2. The number of furan rings is 2. The predicted octanol–water partition coefficient (Wildman–Crippen LogP) is 6.56. The molecule has 12 nitrogen and oxygen atoms in total. The number of rotatable bonds is 13. The first kappa shape index (κ1) is 35.6. The van der Waals surface area contributed by atoms with Crippen molar-refractivity contribution in [2.75, 3.05) is 51.4 Å². The highest BCUT2D eigenvalue weighted by molar-refractivity contribution is 9.11. The van der Waals surface area contributed by atoms with Gasteiger partial charge in [-0.05, 0) is 85.0 Å². The van der Waals surface area contributed by atoms with Crippen LogP contribution in [0.5, 0.6) is 0 Å². The maximum atomic E-state index is 12.2. The lowest BCUT2D eigenvalue weighted by Crippen LogP contribution is -2.49. The van der Waals surface area contributed by atoms with Crippen molar-refractivity contribution in [1.29, 1.82) is 10.5 Å². The molecule has 5 rings (SSSR count). The molecule has 1 unspecified atom stereocenters. The van der Waals surface area contributed by atoms with Gasteiger partial charge in [0, 0.05) is 80.7 Å². The number of fused-ring (bicyclic) bond motifs is 2. The highest BCUT2D eigenvalue weighted by Crippen LogP contribution is 2.35. The Morgan fingerprint density at radius 3 is 2.06 bits per heavy atom.